The number of thioether (sulfide) groups is 1. The average Bonchev–Trinajstić information content (AvgIpc) is 2.87. The van der Waals surface area contributed by atoms with Crippen molar-refractivity contribution in [2.75, 3.05) is 17.2 Å². The molecule has 0 aliphatic heterocycles. The summed E-state index contributed by atoms with van der Waals surface area (Å²) < 4.78 is 0. The maximum Gasteiger partial charge on any atom is 0.323 e. The zero-order valence-corrected chi connectivity index (χ0v) is 21.2. The zero-order chi connectivity index (χ0) is 26.6. The van der Waals surface area contributed by atoms with Crippen LogP contribution in [0, 0.1) is 6.92 Å². The Bertz CT molecular complexity index is 1290. The van der Waals surface area contributed by atoms with Crippen LogP contribution in [0.25, 0.3) is 4.91 Å². The third kappa shape index (κ3) is 9.30. The number of hydrogen-bond acceptors (Lipinski definition) is 5. The summed E-state index contributed by atoms with van der Waals surface area (Å²) in [6.07, 6.45) is -0.0738. The van der Waals surface area contributed by atoms with Gasteiger partial charge < -0.3 is 21.1 Å². The second-order valence-corrected chi connectivity index (χ2v) is 9.12. The van der Waals surface area contributed by atoms with Gasteiger partial charge in [-0.2, -0.15) is 0 Å². The first-order valence-corrected chi connectivity index (χ1v) is 12.3. The Morgan fingerprint density at radius 1 is 0.919 bits per heavy atom. The molecule has 0 heterocycles. The van der Waals surface area contributed by atoms with Gasteiger partial charge in [0.05, 0.1) is 19.4 Å². The summed E-state index contributed by atoms with van der Waals surface area (Å²) >= 11 is 1.18. The fraction of sp³-hybridized carbons (Fsp3) is 0.143. The first kappa shape index (κ1) is 27.2. The van der Waals surface area contributed by atoms with Crippen molar-refractivity contribution >= 4 is 51.1 Å². The third-order valence-corrected chi connectivity index (χ3v) is 6.02. The molecule has 0 aromatic heterocycles. The number of urea groups is 1. The molecule has 0 bridgehead atoms. The van der Waals surface area contributed by atoms with Gasteiger partial charge in [-0.3, -0.25) is 14.6 Å². The molecule has 8 nitrogen and oxygen atoms in total. The van der Waals surface area contributed by atoms with E-state index in [2.05, 4.69) is 27.5 Å². The summed E-state index contributed by atoms with van der Waals surface area (Å²) in [5.41, 5.74) is 3.87. The van der Waals surface area contributed by atoms with Crippen molar-refractivity contribution in [1.82, 2.24) is 5.32 Å². The lowest BCUT2D eigenvalue weighted by Crippen LogP contribution is -2.30. The first-order valence-electron chi connectivity index (χ1n) is 11.5. The summed E-state index contributed by atoms with van der Waals surface area (Å²) in [6.45, 7) is 5.98. The van der Waals surface area contributed by atoms with Crippen LogP contribution in [-0.4, -0.2) is 34.7 Å². The molecule has 0 aliphatic rings. The van der Waals surface area contributed by atoms with Crippen LogP contribution in [0.2, 0.25) is 0 Å². The van der Waals surface area contributed by atoms with Crippen LogP contribution in [0.1, 0.15) is 23.1 Å². The highest BCUT2D eigenvalue weighted by Crippen LogP contribution is 2.26. The van der Waals surface area contributed by atoms with Crippen molar-refractivity contribution in [2.45, 2.75) is 19.8 Å². The van der Waals surface area contributed by atoms with Crippen LogP contribution in [0.3, 0.4) is 0 Å². The van der Waals surface area contributed by atoms with Crippen LogP contribution >= 0.6 is 11.8 Å². The summed E-state index contributed by atoms with van der Waals surface area (Å²) in [4.78, 5) is 40.8. The molecule has 0 radical (unpaired) electrons. The number of amidine groups is 1. The molecule has 0 saturated heterocycles. The number of benzene rings is 3. The summed E-state index contributed by atoms with van der Waals surface area (Å²) in [7, 11) is 0. The van der Waals surface area contributed by atoms with Gasteiger partial charge in [0.15, 0.2) is 5.17 Å². The Balaban J connectivity index is 1.57. The number of nitrogens with one attached hydrogen (secondary N) is 3. The molecule has 3 rings (SSSR count). The number of carboxylic acid groups (broad SMARTS) is 1. The van der Waals surface area contributed by atoms with E-state index in [-0.39, 0.29) is 36.5 Å². The van der Waals surface area contributed by atoms with E-state index < -0.39 is 5.97 Å². The van der Waals surface area contributed by atoms with Gasteiger partial charge >= 0.3 is 12.0 Å². The quantitative estimate of drug-likeness (QED) is 0.220. The predicted molar refractivity (Wildman–Crippen MR) is 150 cm³/mol. The number of aliphatic imine (C=N–C) groups is 1. The van der Waals surface area contributed by atoms with E-state index in [1.807, 2.05) is 61.5 Å². The van der Waals surface area contributed by atoms with E-state index in [0.717, 1.165) is 22.4 Å². The summed E-state index contributed by atoms with van der Waals surface area (Å²) in [5, 5.41) is 17.5. The molecule has 4 N–H and O–H groups in total. The Hall–Kier alpha value is -4.37. The van der Waals surface area contributed by atoms with E-state index in [1.165, 1.54) is 11.8 Å². The number of carbonyl (C=O) groups excluding carboxylic acids is 2. The molecule has 3 aromatic carbocycles. The third-order valence-electron chi connectivity index (χ3n) is 5.11. The minimum atomic E-state index is -0.970. The van der Waals surface area contributed by atoms with Crippen LogP contribution in [0.15, 0.2) is 90.4 Å². The van der Waals surface area contributed by atoms with Gasteiger partial charge in [-0.1, -0.05) is 79.0 Å². The monoisotopic (exact) mass is 516 g/mol. The lowest BCUT2D eigenvalue weighted by Gasteiger charge is -2.12. The molecule has 0 aliphatic carbocycles. The average molecular weight is 517 g/mol. The van der Waals surface area contributed by atoms with Gasteiger partial charge in [0, 0.05) is 16.3 Å². The van der Waals surface area contributed by atoms with Crippen LogP contribution in [0.4, 0.5) is 16.2 Å². The van der Waals surface area contributed by atoms with Crippen molar-refractivity contribution in [3.8, 4) is 0 Å². The standard InChI is InChI=1S/C28H28N4O4S/c1-19-8-6-7-11-24(19)31-27(36)30-23-14-12-21(13-15-23)18-25(33)32-28(29-17-16-26(34)35)37-20(2)22-9-4-3-5-10-22/h3-15H,2,16-18H2,1H3,(H,34,35)(H,29,32,33)(H2,30,31,36). The molecule has 0 saturated carbocycles. The van der Waals surface area contributed by atoms with Crippen molar-refractivity contribution in [2.24, 2.45) is 4.99 Å². The number of aliphatic carboxylic acids is 1. The zero-order valence-electron chi connectivity index (χ0n) is 20.4. The minimum Gasteiger partial charge on any atom is -0.481 e. The molecule has 3 amide bonds. The maximum atomic E-state index is 12.7. The molecular formula is C28H28N4O4S. The smallest absolute Gasteiger partial charge is 0.323 e. The Kier molecular flexibility index (Phi) is 10.0. The Morgan fingerprint density at radius 2 is 1.59 bits per heavy atom. The summed E-state index contributed by atoms with van der Waals surface area (Å²) in [6, 6.07) is 23.5. The fourth-order valence-corrected chi connectivity index (χ4v) is 4.01. The largest absolute Gasteiger partial charge is 0.481 e. The number of carboxylic acids is 1. The van der Waals surface area contributed by atoms with Gasteiger partial charge in [-0.25, -0.2) is 4.79 Å². The van der Waals surface area contributed by atoms with Crippen LogP contribution in [0.5, 0.6) is 0 Å². The Morgan fingerprint density at radius 3 is 2.27 bits per heavy atom. The van der Waals surface area contributed by atoms with E-state index in [4.69, 9.17) is 5.11 Å². The van der Waals surface area contributed by atoms with Crippen LogP contribution in [-0.2, 0) is 16.0 Å². The summed E-state index contributed by atoms with van der Waals surface area (Å²) in [5.74, 6) is -1.27. The van der Waals surface area contributed by atoms with Crippen molar-refractivity contribution in [3.05, 3.63) is 102 Å². The number of nitrogens with zero attached hydrogens (tertiary/aromatic N) is 1. The molecule has 190 valence electrons. The molecule has 3 aromatic rings. The van der Waals surface area contributed by atoms with Gasteiger partial charge in [0.25, 0.3) is 0 Å². The maximum absolute atomic E-state index is 12.7. The van der Waals surface area contributed by atoms with E-state index in [0.29, 0.717) is 10.6 Å². The lowest BCUT2D eigenvalue weighted by atomic mass is 10.1. The first-order chi connectivity index (χ1) is 17.8. The van der Waals surface area contributed by atoms with Gasteiger partial charge in [0.2, 0.25) is 5.91 Å². The van der Waals surface area contributed by atoms with Gasteiger partial charge in [0.1, 0.15) is 0 Å². The highest BCUT2D eigenvalue weighted by molar-refractivity contribution is 8.21. The van der Waals surface area contributed by atoms with Crippen molar-refractivity contribution in [1.29, 1.82) is 0 Å². The minimum absolute atomic E-state index is 0.0327. The van der Waals surface area contributed by atoms with Gasteiger partial charge in [-0.05, 0) is 41.8 Å². The van der Waals surface area contributed by atoms with E-state index in [9.17, 15) is 14.4 Å². The topological polar surface area (TPSA) is 120 Å². The second kappa shape index (κ2) is 13.6. The number of carbonyl (C=O) groups is 3. The van der Waals surface area contributed by atoms with E-state index >= 15 is 0 Å². The van der Waals surface area contributed by atoms with Crippen molar-refractivity contribution < 1.29 is 19.5 Å². The molecule has 0 fully saturated rings. The SMILES string of the molecule is C=C(SC(=NCCC(=O)O)NC(=O)Cc1ccc(NC(=O)Nc2ccccc2C)cc1)c1ccccc1. The molecule has 0 unspecified atom stereocenters. The van der Waals surface area contributed by atoms with E-state index in [1.54, 1.807) is 24.3 Å². The number of rotatable bonds is 9. The number of anilines is 2. The van der Waals surface area contributed by atoms with Crippen molar-refractivity contribution in [3.63, 3.8) is 0 Å². The normalized spacial score (nSPS) is 10.9. The highest BCUT2D eigenvalue weighted by Gasteiger charge is 2.12. The number of amides is 3. The molecule has 0 spiro atoms. The number of para-hydroxylation sites is 1. The molecule has 9 heteroatoms. The molecular weight excluding hydrogens is 488 g/mol. The van der Waals surface area contributed by atoms with Gasteiger partial charge in [-0.15, -0.1) is 0 Å². The number of hydrogen-bond donors (Lipinski definition) is 4. The lowest BCUT2D eigenvalue weighted by molar-refractivity contribution is -0.136. The van der Waals surface area contributed by atoms with Crippen LogP contribution < -0.4 is 16.0 Å². The number of aryl methyl sites for hydroxylation is 1. The predicted octanol–water partition coefficient (Wildman–Crippen LogP) is 5.53. The second-order valence-electron chi connectivity index (χ2n) is 8.04. The Labute approximate surface area is 219 Å². The fourth-order valence-electron chi connectivity index (χ4n) is 3.20. The molecule has 37 heavy (non-hydrogen) atoms. The highest BCUT2D eigenvalue weighted by atomic mass is 32.2. The molecule has 0 atom stereocenters.